The number of nitrogens with one attached hydrogen (secondary N) is 2. The van der Waals surface area contributed by atoms with Crippen molar-refractivity contribution in [2.24, 2.45) is 20.5 Å². The van der Waals surface area contributed by atoms with E-state index in [1.54, 1.807) is 24.3 Å². The van der Waals surface area contributed by atoms with E-state index in [2.05, 4.69) is 44.3 Å². The van der Waals surface area contributed by atoms with Crippen LogP contribution in [-0.4, -0.2) is 9.97 Å². The normalized spacial score (nSPS) is 12.2. The molecular formula is C25H24F2N6. The fourth-order valence-electron chi connectivity index (χ4n) is 3.84. The number of rotatable bonds is 8. The van der Waals surface area contributed by atoms with Crippen LogP contribution in [0.5, 0.6) is 0 Å². The molecule has 2 heterocycles. The Bertz CT molecular complexity index is 1150. The first kappa shape index (κ1) is 22.3. The smallest absolute Gasteiger partial charge is 0.152 e. The summed E-state index contributed by atoms with van der Waals surface area (Å²) >= 11 is 0. The Morgan fingerprint density at radius 1 is 0.576 bits per heavy atom. The maximum Gasteiger partial charge on any atom is 0.152 e. The second-order valence-corrected chi connectivity index (χ2v) is 7.66. The van der Waals surface area contributed by atoms with Gasteiger partial charge in [0.25, 0.3) is 0 Å². The van der Waals surface area contributed by atoms with Gasteiger partial charge in [-0.2, -0.15) is 0 Å². The molecule has 6 nitrogen and oxygen atoms in total. The summed E-state index contributed by atoms with van der Waals surface area (Å²) < 4.78 is 26.1. The van der Waals surface area contributed by atoms with E-state index in [0.29, 0.717) is 23.0 Å². The molecule has 33 heavy (non-hydrogen) atoms. The van der Waals surface area contributed by atoms with Crippen molar-refractivity contribution in [2.45, 2.75) is 32.1 Å². The fraction of sp³-hybridized carbons (Fsp3) is 0.200. The number of aromatic amines is 2. The maximum absolute atomic E-state index is 13.1. The highest BCUT2D eigenvalue weighted by molar-refractivity contribution is 5.44. The van der Waals surface area contributed by atoms with Gasteiger partial charge < -0.3 is 9.97 Å². The van der Waals surface area contributed by atoms with Crippen LogP contribution in [-0.2, 0) is 5.41 Å². The zero-order valence-electron chi connectivity index (χ0n) is 18.4. The minimum Gasteiger partial charge on any atom is -0.341 e. The van der Waals surface area contributed by atoms with E-state index in [9.17, 15) is 8.78 Å². The Labute approximate surface area is 190 Å². The summed E-state index contributed by atoms with van der Waals surface area (Å²) in [4.78, 5) is 6.73. The van der Waals surface area contributed by atoms with Crippen molar-refractivity contribution >= 4 is 23.0 Å². The zero-order chi connectivity index (χ0) is 23.3. The first-order valence-electron chi connectivity index (χ1n) is 10.8. The molecule has 0 spiro atoms. The zero-order valence-corrected chi connectivity index (χ0v) is 18.4. The number of H-pyrrole nitrogens is 2. The molecule has 0 unspecified atom stereocenters. The van der Waals surface area contributed by atoms with Crippen molar-refractivity contribution in [3.8, 4) is 0 Å². The summed E-state index contributed by atoms with van der Waals surface area (Å²) in [5, 5.41) is 16.8. The molecule has 4 rings (SSSR count). The minimum atomic E-state index is -0.311. The molecule has 0 aliphatic rings. The molecule has 168 valence electrons. The van der Waals surface area contributed by atoms with Gasteiger partial charge in [-0.05, 0) is 85.6 Å². The average Bonchev–Trinajstić information content (AvgIpc) is 3.51. The summed E-state index contributed by atoms with van der Waals surface area (Å²) in [5.74, 6) is 0.607. The van der Waals surface area contributed by atoms with Crippen molar-refractivity contribution in [3.05, 3.63) is 95.8 Å². The van der Waals surface area contributed by atoms with Gasteiger partial charge in [-0.15, -0.1) is 20.5 Å². The molecule has 0 saturated carbocycles. The van der Waals surface area contributed by atoms with Crippen molar-refractivity contribution in [2.75, 3.05) is 0 Å². The predicted octanol–water partition coefficient (Wildman–Crippen LogP) is 8.56. The number of aromatic nitrogens is 2. The lowest BCUT2D eigenvalue weighted by molar-refractivity contribution is 0.456. The van der Waals surface area contributed by atoms with E-state index < -0.39 is 0 Å². The highest BCUT2D eigenvalue weighted by Gasteiger charge is 2.33. The third-order valence-corrected chi connectivity index (χ3v) is 5.78. The summed E-state index contributed by atoms with van der Waals surface area (Å²) in [6.45, 7) is 4.26. The summed E-state index contributed by atoms with van der Waals surface area (Å²) in [6, 6.07) is 19.5. The molecule has 0 saturated heterocycles. The molecule has 0 atom stereocenters. The van der Waals surface area contributed by atoms with Gasteiger partial charge in [-0.25, -0.2) is 8.78 Å². The van der Waals surface area contributed by atoms with E-state index in [0.717, 1.165) is 24.2 Å². The van der Waals surface area contributed by atoms with Gasteiger partial charge in [-0.1, -0.05) is 13.8 Å². The molecule has 2 aromatic heterocycles. The summed E-state index contributed by atoms with van der Waals surface area (Å²) in [5.41, 5.74) is 2.86. The van der Waals surface area contributed by atoms with E-state index in [4.69, 9.17) is 0 Å². The summed E-state index contributed by atoms with van der Waals surface area (Å²) in [6.07, 6.45) is 1.68. The van der Waals surface area contributed by atoms with Crippen molar-refractivity contribution in [3.63, 3.8) is 0 Å². The number of hydrogen-bond acceptors (Lipinski definition) is 4. The Morgan fingerprint density at radius 3 is 1.33 bits per heavy atom. The van der Waals surface area contributed by atoms with Gasteiger partial charge in [0, 0.05) is 16.8 Å². The molecule has 8 heteroatoms. The highest BCUT2D eigenvalue weighted by Crippen LogP contribution is 2.39. The third kappa shape index (κ3) is 4.95. The van der Waals surface area contributed by atoms with Crippen LogP contribution in [0.2, 0.25) is 0 Å². The number of nitrogens with zero attached hydrogens (tertiary/aromatic N) is 4. The fourth-order valence-corrected chi connectivity index (χ4v) is 3.84. The number of azo groups is 2. The summed E-state index contributed by atoms with van der Waals surface area (Å²) in [7, 11) is 0. The molecule has 0 fully saturated rings. The molecule has 2 aromatic carbocycles. The molecule has 4 aromatic rings. The molecule has 2 N–H and O–H groups in total. The van der Waals surface area contributed by atoms with Crippen LogP contribution < -0.4 is 0 Å². The van der Waals surface area contributed by atoms with Crippen LogP contribution in [0.15, 0.2) is 93.3 Å². The van der Waals surface area contributed by atoms with E-state index in [1.165, 1.54) is 24.3 Å². The van der Waals surface area contributed by atoms with Gasteiger partial charge in [0.2, 0.25) is 0 Å². The second-order valence-electron chi connectivity index (χ2n) is 7.66. The average molecular weight is 447 g/mol. The number of benzene rings is 2. The minimum absolute atomic E-state index is 0.298. The molecule has 0 amide bonds. The van der Waals surface area contributed by atoms with E-state index >= 15 is 0 Å². The second kappa shape index (κ2) is 9.68. The first-order chi connectivity index (χ1) is 16.0. The molecule has 0 aliphatic carbocycles. The van der Waals surface area contributed by atoms with Crippen molar-refractivity contribution < 1.29 is 8.78 Å². The Hall–Kier alpha value is -3.94. The van der Waals surface area contributed by atoms with Crippen molar-refractivity contribution in [1.29, 1.82) is 0 Å². The lowest BCUT2D eigenvalue weighted by atomic mass is 9.76. The van der Waals surface area contributed by atoms with Gasteiger partial charge in [0.1, 0.15) is 11.6 Å². The standard InChI is InChI=1S/C25H24F2N6/c1-3-25(4-2,21-13-15-23(28-21)32-30-19-9-5-17(26)6-10-19)22-14-16-24(29-22)33-31-20-11-7-18(27)8-12-20/h5-16,28-29H,3-4H2,1-2H3. The largest absolute Gasteiger partial charge is 0.341 e. The van der Waals surface area contributed by atoms with E-state index in [-0.39, 0.29) is 17.0 Å². The van der Waals surface area contributed by atoms with Gasteiger partial charge in [0.15, 0.2) is 11.6 Å². The molecule has 0 bridgehead atoms. The monoisotopic (exact) mass is 446 g/mol. The SMILES string of the molecule is CCC(CC)(c1ccc(N=Nc2ccc(F)cc2)[nH]1)c1ccc(N=Nc2ccc(F)cc2)[nH]1. The van der Waals surface area contributed by atoms with Crippen LogP contribution in [0.4, 0.5) is 31.8 Å². The van der Waals surface area contributed by atoms with Gasteiger partial charge in [0.05, 0.1) is 11.4 Å². The topological polar surface area (TPSA) is 81.0 Å². The van der Waals surface area contributed by atoms with Crippen LogP contribution in [0.3, 0.4) is 0 Å². The third-order valence-electron chi connectivity index (χ3n) is 5.78. The van der Waals surface area contributed by atoms with Gasteiger partial charge in [-0.3, -0.25) is 0 Å². The lowest BCUT2D eigenvalue weighted by Crippen LogP contribution is -2.26. The predicted molar refractivity (Wildman–Crippen MR) is 124 cm³/mol. The van der Waals surface area contributed by atoms with Crippen molar-refractivity contribution in [1.82, 2.24) is 9.97 Å². The number of halogens is 2. The lowest BCUT2D eigenvalue weighted by Gasteiger charge is -2.30. The number of hydrogen-bond donors (Lipinski definition) is 2. The van der Waals surface area contributed by atoms with Crippen LogP contribution in [0.25, 0.3) is 0 Å². The first-order valence-corrected chi connectivity index (χ1v) is 10.8. The highest BCUT2D eigenvalue weighted by atomic mass is 19.1. The maximum atomic E-state index is 13.1. The van der Waals surface area contributed by atoms with Gasteiger partial charge >= 0.3 is 0 Å². The Balaban J connectivity index is 1.56. The molecule has 0 radical (unpaired) electrons. The van der Waals surface area contributed by atoms with E-state index in [1.807, 2.05) is 24.3 Å². The van der Waals surface area contributed by atoms with Crippen LogP contribution >= 0.6 is 0 Å². The quantitative estimate of drug-likeness (QED) is 0.254. The van der Waals surface area contributed by atoms with Crippen LogP contribution in [0.1, 0.15) is 38.1 Å². The molecular weight excluding hydrogens is 422 g/mol. The molecule has 0 aliphatic heterocycles. The van der Waals surface area contributed by atoms with Crippen LogP contribution in [0, 0.1) is 11.6 Å². The Kier molecular flexibility index (Phi) is 6.53. The Morgan fingerprint density at radius 2 is 0.970 bits per heavy atom.